The van der Waals surface area contributed by atoms with E-state index in [-0.39, 0.29) is 17.3 Å². The zero-order valence-corrected chi connectivity index (χ0v) is 21.3. The second-order valence-corrected chi connectivity index (χ2v) is 9.23. The van der Waals surface area contributed by atoms with Gasteiger partial charge in [0.2, 0.25) is 11.7 Å². The number of amides is 1. The molecular weight excluding hydrogens is 509 g/mol. The van der Waals surface area contributed by atoms with Crippen molar-refractivity contribution >= 4 is 28.9 Å². The monoisotopic (exact) mass is 533 g/mol. The Bertz CT molecular complexity index is 1520. The van der Waals surface area contributed by atoms with Crippen LogP contribution in [0.25, 0.3) is 16.8 Å². The average Bonchev–Trinajstić information content (AvgIpc) is 2.92. The molecule has 0 radical (unpaired) electrons. The van der Waals surface area contributed by atoms with Gasteiger partial charge >= 0.3 is 5.56 Å². The van der Waals surface area contributed by atoms with Crippen LogP contribution in [0.5, 0.6) is 11.5 Å². The highest BCUT2D eigenvalue weighted by Gasteiger charge is 2.21. The van der Waals surface area contributed by atoms with Crippen LogP contribution < -0.4 is 25.8 Å². The Kier molecular flexibility index (Phi) is 7.39. The molecule has 8 nitrogen and oxygen atoms in total. The molecule has 0 bridgehead atoms. The van der Waals surface area contributed by atoms with Gasteiger partial charge in [-0.3, -0.25) is 9.59 Å². The van der Waals surface area contributed by atoms with Crippen LogP contribution in [0, 0.1) is 5.82 Å². The molecule has 0 unspecified atom stereocenters. The van der Waals surface area contributed by atoms with Gasteiger partial charge in [0.1, 0.15) is 17.3 Å². The number of halogens is 2. The van der Waals surface area contributed by atoms with E-state index in [9.17, 15) is 14.0 Å². The topological polar surface area (TPSA) is 88.5 Å². The lowest BCUT2D eigenvalue weighted by Gasteiger charge is -2.30. The molecule has 1 amide bonds. The minimum absolute atomic E-state index is 0.107. The fourth-order valence-corrected chi connectivity index (χ4v) is 4.37. The molecule has 38 heavy (non-hydrogen) atoms. The second kappa shape index (κ2) is 11.0. The van der Waals surface area contributed by atoms with Crippen molar-refractivity contribution in [2.75, 3.05) is 36.4 Å². The fourth-order valence-electron chi connectivity index (χ4n) is 4.25. The zero-order chi connectivity index (χ0) is 26.6. The third kappa shape index (κ3) is 5.53. The Labute approximate surface area is 223 Å². The van der Waals surface area contributed by atoms with Gasteiger partial charge in [0, 0.05) is 38.1 Å². The molecule has 2 N–H and O–H groups in total. The van der Waals surface area contributed by atoms with Crippen molar-refractivity contribution in [1.82, 2.24) is 15.1 Å². The number of hydrogen-bond donors (Lipinski definition) is 2. The van der Waals surface area contributed by atoms with Crippen LogP contribution in [-0.4, -0.2) is 41.9 Å². The normalized spacial score (nSPS) is 13.3. The van der Waals surface area contributed by atoms with E-state index in [0.717, 1.165) is 24.2 Å². The molecule has 2 heterocycles. The summed E-state index contributed by atoms with van der Waals surface area (Å²) in [6, 6.07) is 18.4. The summed E-state index contributed by atoms with van der Waals surface area (Å²) in [6.07, 6.45) is 1.65. The quantitative estimate of drug-likeness (QED) is 0.368. The summed E-state index contributed by atoms with van der Waals surface area (Å²) in [5.41, 5.74) is 2.40. The highest BCUT2D eigenvalue weighted by atomic mass is 35.5. The lowest BCUT2D eigenvalue weighted by atomic mass is 10.0. The molecule has 1 aliphatic heterocycles. The predicted octanol–water partition coefficient (Wildman–Crippen LogP) is 4.85. The summed E-state index contributed by atoms with van der Waals surface area (Å²) in [6.45, 7) is 4.32. The van der Waals surface area contributed by atoms with Gasteiger partial charge in [-0.05, 0) is 59.7 Å². The molecule has 10 heteroatoms. The molecule has 4 aromatic rings. The van der Waals surface area contributed by atoms with Gasteiger partial charge in [-0.1, -0.05) is 29.8 Å². The minimum Gasteiger partial charge on any atom is -0.449 e. The number of anilines is 2. The van der Waals surface area contributed by atoms with Crippen LogP contribution in [0.15, 0.2) is 77.7 Å². The molecule has 1 fully saturated rings. The standard InChI is InChI=1S/C28H25ClFN5O3/c1-18(36)33-25-16-20(4-11-24(25)30)19-2-9-23(10-3-19)38-27-26(34-14-12-31-13-15-34)17-32-35(28(27)37)22-7-5-21(29)6-8-22/h2-11,16-17,31H,12-15H2,1H3,(H,33,36). The first-order chi connectivity index (χ1) is 18.4. The highest BCUT2D eigenvalue weighted by molar-refractivity contribution is 6.30. The minimum atomic E-state index is -0.515. The lowest BCUT2D eigenvalue weighted by molar-refractivity contribution is -0.114. The van der Waals surface area contributed by atoms with Crippen molar-refractivity contribution in [1.29, 1.82) is 0 Å². The molecule has 1 saturated heterocycles. The number of nitrogens with one attached hydrogen (secondary N) is 2. The van der Waals surface area contributed by atoms with Crippen LogP contribution in [0.4, 0.5) is 15.8 Å². The van der Waals surface area contributed by atoms with Crippen LogP contribution in [-0.2, 0) is 4.79 Å². The third-order valence-corrected chi connectivity index (χ3v) is 6.38. The maximum absolute atomic E-state index is 14.1. The fraction of sp³-hybridized carbons (Fsp3) is 0.179. The van der Waals surface area contributed by atoms with E-state index in [1.54, 1.807) is 54.7 Å². The first-order valence-electron chi connectivity index (χ1n) is 12.1. The molecular formula is C28H25ClFN5O3. The van der Waals surface area contributed by atoms with E-state index in [2.05, 4.69) is 20.6 Å². The van der Waals surface area contributed by atoms with Crippen LogP contribution in [0.2, 0.25) is 5.02 Å². The predicted molar refractivity (Wildman–Crippen MR) is 146 cm³/mol. The van der Waals surface area contributed by atoms with Crippen LogP contribution >= 0.6 is 11.6 Å². The van der Waals surface area contributed by atoms with Crippen molar-refractivity contribution < 1.29 is 13.9 Å². The Hall–Kier alpha value is -4.21. The maximum atomic E-state index is 14.1. The number of piperazine rings is 1. The zero-order valence-electron chi connectivity index (χ0n) is 20.6. The molecule has 3 aromatic carbocycles. The Morgan fingerprint density at radius 2 is 1.71 bits per heavy atom. The van der Waals surface area contributed by atoms with Crippen molar-refractivity contribution in [3.8, 4) is 28.3 Å². The SMILES string of the molecule is CC(=O)Nc1cc(-c2ccc(Oc3c(N4CCNCC4)cnn(-c4ccc(Cl)cc4)c3=O)cc2)ccc1F. The van der Waals surface area contributed by atoms with Gasteiger partial charge in [0.15, 0.2) is 0 Å². The number of hydrogen-bond acceptors (Lipinski definition) is 6. The van der Waals surface area contributed by atoms with Gasteiger partial charge < -0.3 is 20.3 Å². The molecule has 5 rings (SSSR count). The number of carbonyl (C=O) groups is 1. The number of ether oxygens (including phenoxy) is 1. The maximum Gasteiger partial charge on any atom is 0.316 e. The summed E-state index contributed by atoms with van der Waals surface area (Å²) in [4.78, 5) is 27.1. The summed E-state index contributed by atoms with van der Waals surface area (Å²) >= 11 is 6.02. The van der Waals surface area contributed by atoms with Crippen LogP contribution in [0.1, 0.15) is 6.92 Å². The van der Waals surface area contributed by atoms with E-state index in [1.165, 1.54) is 17.7 Å². The molecule has 1 aliphatic rings. The smallest absolute Gasteiger partial charge is 0.316 e. The van der Waals surface area contributed by atoms with E-state index in [4.69, 9.17) is 16.3 Å². The molecule has 1 aromatic heterocycles. The molecule has 0 aliphatic carbocycles. The summed E-state index contributed by atoms with van der Waals surface area (Å²) in [5.74, 6) is -0.245. The van der Waals surface area contributed by atoms with Gasteiger partial charge in [-0.25, -0.2) is 4.39 Å². The van der Waals surface area contributed by atoms with Crippen molar-refractivity contribution in [3.63, 3.8) is 0 Å². The lowest BCUT2D eigenvalue weighted by Crippen LogP contribution is -2.44. The Morgan fingerprint density at radius 1 is 1.03 bits per heavy atom. The van der Waals surface area contributed by atoms with E-state index in [1.807, 2.05) is 12.1 Å². The average molecular weight is 534 g/mol. The number of benzene rings is 3. The van der Waals surface area contributed by atoms with E-state index < -0.39 is 11.4 Å². The van der Waals surface area contributed by atoms with Gasteiger partial charge in [-0.2, -0.15) is 9.78 Å². The first kappa shape index (κ1) is 25.4. The second-order valence-electron chi connectivity index (χ2n) is 8.79. The molecule has 0 atom stereocenters. The van der Waals surface area contributed by atoms with Gasteiger partial charge in [0.05, 0.1) is 17.6 Å². The number of rotatable bonds is 6. The van der Waals surface area contributed by atoms with E-state index >= 15 is 0 Å². The summed E-state index contributed by atoms with van der Waals surface area (Å²) in [7, 11) is 0. The van der Waals surface area contributed by atoms with Crippen LogP contribution in [0.3, 0.4) is 0 Å². The first-order valence-corrected chi connectivity index (χ1v) is 12.5. The van der Waals surface area contributed by atoms with Gasteiger partial charge in [-0.15, -0.1) is 0 Å². The largest absolute Gasteiger partial charge is 0.449 e. The Morgan fingerprint density at radius 3 is 2.39 bits per heavy atom. The highest BCUT2D eigenvalue weighted by Crippen LogP contribution is 2.32. The van der Waals surface area contributed by atoms with Gasteiger partial charge in [0.25, 0.3) is 0 Å². The summed E-state index contributed by atoms with van der Waals surface area (Å²) in [5, 5.41) is 10.8. The molecule has 0 saturated carbocycles. The van der Waals surface area contributed by atoms with Crippen molar-refractivity contribution in [2.45, 2.75) is 6.92 Å². The molecule has 194 valence electrons. The third-order valence-electron chi connectivity index (χ3n) is 6.13. The van der Waals surface area contributed by atoms with Crippen molar-refractivity contribution in [2.24, 2.45) is 0 Å². The summed E-state index contributed by atoms with van der Waals surface area (Å²) < 4.78 is 21.5. The molecule has 0 spiro atoms. The number of carbonyl (C=O) groups excluding carboxylic acids is 1. The van der Waals surface area contributed by atoms with Crippen molar-refractivity contribution in [3.05, 3.63) is 94.1 Å². The number of nitrogens with zero attached hydrogens (tertiary/aromatic N) is 3. The Balaban J connectivity index is 1.48. The van der Waals surface area contributed by atoms with E-state index in [0.29, 0.717) is 35.2 Å². The number of aromatic nitrogens is 2.